The number of hydrogen-bond acceptors (Lipinski definition) is 1. The predicted octanol–water partition coefficient (Wildman–Crippen LogP) is 4.47. The predicted molar refractivity (Wildman–Crippen MR) is 76.4 cm³/mol. The zero-order chi connectivity index (χ0) is 13.0. The monoisotopic (exact) mass is 256 g/mol. The van der Waals surface area contributed by atoms with Crippen LogP contribution in [0.4, 0.5) is 0 Å². The van der Waals surface area contributed by atoms with Gasteiger partial charge >= 0.3 is 0 Å². The van der Waals surface area contributed by atoms with Crippen molar-refractivity contribution >= 4 is 29.0 Å². The lowest BCUT2D eigenvalue weighted by Crippen LogP contribution is -1.95. The second-order valence-electron chi connectivity index (χ2n) is 4.03. The van der Waals surface area contributed by atoms with Crippen LogP contribution in [0.15, 0.2) is 54.6 Å². The van der Waals surface area contributed by atoms with Crippen LogP contribution in [-0.2, 0) is 4.79 Å². The van der Waals surface area contributed by atoms with Crippen molar-refractivity contribution in [3.63, 3.8) is 0 Å². The molecule has 0 aliphatic heterocycles. The van der Waals surface area contributed by atoms with Crippen molar-refractivity contribution in [3.05, 3.63) is 70.7 Å². The van der Waals surface area contributed by atoms with E-state index in [0.29, 0.717) is 10.6 Å². The van der Waals surface area contributed by atoms with E-state index in [1.54, 1.807) is 6.92 Å². The zero-order valence-electron chi connectivity index (χ0n) is 10.1. The highest BCUT2D eigenvalue weighted by atomic mass is 35.5. The van der Waals surface area contributed by atoms with Gasteiger partial charge in [0.05, 0.1) is 0 Å². The van der Waals surface area contributed by atoms with Crippen LogP contribution < -0.4 is 0 Å². The number of ketones is 1. The van der Waals surface area contributed by atoms with Gasteiger partial charge in [0, 0.05) is 10.6 Å². The first-order valence-electron chi connectivity index (χ1n) is 5.70. The number of rotatable bonds is 3. The molecule has 0 bridgehead atoms. The quantitative estimate of drug-likeness (QED) is 0.585. The van der Waals surface area contributed by atoms with Gasteiger partial charge in [-0.2, -0.15) is 0 Å². The Kier molecular flexibility index (Phi) is 3.96. The van der Waals surface area contributed by atoms with E-state index >= 15 is 0 Å². The van der Waals surface area contributed by atoms with Crippen LogP contribution >= 0.6 is 11.6 Å². The molecule has 2 aromatic carbocycles. The molecule has 18 heavy (non-hydrogen) atoms. The number of carbonyl (C=O) groups excluding carboxylic acids is 1. The molecule has 0 radical (unpaired) electrons. The van der Waals surface area contributed by atoms with Gasteiger partial charge in [-0.05, 0) is 36.3 Å². The van der Waals surface area contributed by atoms with Gasteiger partial charge < -0.3 is 0 Å². The van der Waals surface area contributed by atoms with E-state index in [2.05, 4.69) is 0 Å². The summed E-state index contributed by atoms with van der Waals surface area (Å²) in [4.78, 5) is 11.7. The fraction of sp³-hybridized carbons (Fsp3) is 0.0625. The van der Waals surface area contributed by atoms with Crippen LogP contribution in [-0.4, -0.2) is 5.78 Å². The van der Waals surface area contributed by atoms with Crippen molar-refractivity contribution in [1.82, 2.24) is 0 Å². The van der Waals surface area contributed by atoms with Crippen LogP contribution in [0, 0.1) is 0 Å². The highest BCUT2D eigenvalue weighted by Crippen LogP contribution is 2.20. The van der Waals surface area contributed by atoms with Gasteiger partial charge in [-0.15, -0.1) is 0 Å². The van der Waals surface area contributed by atoms with Gasteiger partial charge in [0.1, 0.15) is 0 Å². The first-order chi connectivity index (χ1) is 8.66. The summed E-state index contributed by atoms with van der Waals surface area (Å²) in [6.45, 7) is 1.58. The third-order valence-corrected chi connectivity index (χ3v) is 2.90. The molecular formula is C16H13ClO. The highest BCUT2D eigenvalue weighted by molar-refractivity contribution is 6.30. The Bertz CT molecular complexity index is 568. The molecule has 0 spiro atoms. The fourth-order valence-corrected chi connectivity index (χ4v) is 1.86. The molecule has 0 heterocycles. The molecule has 0 saturated carbocycles. The lowest BCUT2D eigenvalue weighted by atomic mass is 10.00. The fourth-order valence-electron chi connectivity index (χ4n) is 1.73. The summed E-state index contributed by atoms with van der Waals surface area (Å²) < 4.78 is 0. The molecule has 90 valence electrons. The zero-order valence-corrected chi connectivity index (χ0v) is 10.8. The molecular weight excluding hydrogens is 244 g/mol. The average molecular weight is 257 g/mol. The van der Waals surface area contributed by atoms with E-state index < -0.39 is 0 Å². The summed E-state index contributed by atoms with van der Waals surface area (Å²) in [6, 6.07) is 17.1. The lowest BCUT2D eigenvalue weighted by molar-refractivity contribution is -0.111. The van der Waals surface area contributed by atoms with Gasteiger partial charge in [-0.1, -0.05) is 54.1 Å². The van der Waals surface area contributed by atoms with Gasteiger partial charge in [-0.25, -0.2) is 0 Å². The van der Waals surface area contributed by atoms with Crippen molar-refractivity contribution in [2.24, 2.45) is 0 Å². The van der Waals surface area contributed by atoms with E-state index in [4.69, 9.17) is 11.6 Å². The number of benzene rings is 2. The van der Waals surface area contributed by atoms with Crippen LogP contribution in [0.2, 0.25) is 5.02 Å². The summed E-state index contributed by atoms with van der Waals surface area (Å²) in [7, 11) is 0. The largest absolute Gasteiger partial charge is 0.294 e. The lowest BCUT2D eigenvalue weighted by Gasteiger charge is -2.04. The van der Waals surface area contributed by atoms with Crippen LogP contribution in [0.1, 0.15) is 18.1 Å². The van der Waals surface area contributed by atoms with Gasteiger partial charge in [0.25, 0.3) is 0 Å². The minimum Gasteiger partial charge on any atom is -0.294 e. The molecule has 0 atom stereocenters. The summed E-state index contributed by atoms with van der Waals surface area (Å²) in [6.07, 6.45) is 1.88. The van der Waals surface area contributed by atoms with Crippen molar-refractivity contribution in [2.75, 3.05) is 0 Å². The van der Waals surface area contributed by atoms with Gasteiger partial charge in [-0.3, -0.25) is 4.79 Å². The smallest absolute Gasteiger partial charge is 0.160 e. The molecule has 2 aromatic rings. The Hall–Kier alpha value is -1.86. The molecule has 0 amide bonds. The Morgan fingerprint density at radius 2 is 1.61 bits per heavy atom. The van der Waals surface area contributed by atoms with Crippen LogP contribution in [0.25, 0.3) is 11.6 Å². The number of carbonyl (C=O) groups is 1. The third-order valence-electron chi connectivity index (χ3n) is 2.65. The number of hydrogen-bond donors (Lipinski definition) is 0. The van der Waals surface area contributed by atoms with E-state index in [-0.39, 0.29) is 5.78 Å². The first kappa shape index (κ1) is 12.6. The van der Waals surface area contributed by atoms with Crippen molar-refractivity contribution in [1.29, 1.82) is 0 Å². The van der Waals surface area contributed by atoms with E-state index in [9.17, 15) is 4.79 Å². The van der Waals surface area contributed by atoms with Crippen molar-refractivity contribution in [3.8, 4) is 0 Å². The maximum absolute atomic E-state index is 11.7. The topological polar surface area (TPSA) is 17.1 Å². The second kappa shape index (κ2) is 5.65. The molecule has 0 aliphatic carbocycles. The third kappa shape index (κ3) is 3.08. The van der Waals surface area contributed by atoms with Crippen LogP contribution in [0.3, 0.4) is 0 Å². The Balaban J connectivity index is 2.43. The van der Waals surface area contributed by atoms with E-state index in [1.165, 1.54) is 0 Å². The Morgan fingerprint density at radius 1 is 1.00 bits per heavy atom. The van der Waals surface area contributed by atoms with Crippen LogP contribution in [0.5, 0.6) is 0 Å². The molecule has 2 heteroatoms. The maximum Gasteiger partial charge on any atom is 0.160 e. The molecule has 2 rings (SSSR count). The minimum atomic E-state index is 0.0520. The molecule has 1 nitrogen and oxygen atoms in total. The van der Waals surface area contributed by atoms with E-state index in [0.717, 1.165) is 11.1 Å². The maximum atomic E-state index is 11.7. The van der Waals surface area contributed by atoms with Crippen molar-refractivity contribution in [2.45, 2.75) is 6.92 Å². The summed E-state index contributed by atoms with van der Waals surface area (Å²) in [5.74, 6) is 0.0520. The van der Waals surface area contributed by atoms with E-state index in [1.807, 2.05) is 60.7 Å². The Labute approximate surface area is 112 Å². The molecule has 0 saturated heterocycles. The molecule has 0 fully saturated rings. The summed E-state index contributed by atoms with van der Waals surface area (Å²) in [5.41, 5.74) is 2.60. The normalized spacial score (nSPS) is 11.3. The molecule has 0 unspecified atom stereocenters. The number of halogens is 1. The molecule has 0 aliphatic rings. The number of Topliss-reactive ketones (excluding diaryl/α,β-unsaturated/α-hetero) is 1. The summed E-state index contributed by atoms with van der Waals surface area (Å²) >= 11 is 5.84. The Morgan fingerprint density at radius 3 is 2.17 bits per heavy atom. The molecule has 0 N–H and O–H groups in total. The number of allylic oxidation sites excluding steroid dienone is 1. The summed E-state index contributed by atoms with van der Waals surface area (Å²) in [5, 5.41) is 0.691. The molecule has 0 aromatic heterocycles. The van der Waals surface area contributed by atoms with Gasteiger partial charge in [0.15, 0.2) is 5.78 Å². The standard InChI is InChI=1S/C16H13ClO/c1-12(18)16(14-5-3-2-4-6-14)11-13-7-9-15(17)10-8-13/h2-11H,1H3/b16-11+. The van der Waals surface area contributed by atoms with Gasteiger partial charge in [0.2, 0.25) is 0 Å². The SMILES string of the molecule is CC(=O)/C(=C\c1ccc(Cl)cc1)c1ccccc1. The minimum absolute atomic E-state index is 0.0520. The first-order valence-corrected chi connectivity index (χ1v) is 6.08. The second-order valence-corrected chi connectivity index (χ2v) is 4.47. The average Bonchev–Trinajstić information content (AvgIpc) is 2.38. The van der Waals surface area contributed by atoms with Crippen molar-refractivity contribution < 1.29 is 4.79 Å². The highest BCUT2D eigenvalue weighted by Gasteiger charge is 2.06.